The Balaban J connectivity index is 1.65. The Morgan fingerprint density at radius 2 is 1.70 bits per heavy atom. The van der Waals surface area contributed by atoms with Crippen LogP contribution >= 0.6 is 38.5 Å². The van der Waals surface area contributed by atoms with Crippen molar-refractivity contribution in [1.29, 1.82) is 0 Å². The van der Waals surface area contributed by atoms with Crippen LogP contribution in [-0.2, 0) is 16.2 Å². The predicted molar refractivity (Wildman–Crippen MR) is 154 cm³/mol. The summed E-state index contributed by atoms with van der Waals surface area (Å²) in [6.45, 7) is 6.22. The van der Waals surface area contributed by atoms with Gasteiger partial charge in [0.05, 0.1) is 16.4 Å². The smallest absolute Gasteiger partial charge is 0.335 e. The Morgan fingerprint density at radius 3 is 2.35 bits per heavy atom. The van der Waals surface area contributed by atoms with E-state index in [1.54, 1.807) is 37.3 Å². The van der Waals surface area contributed by atoms with Crippen molar-refractivity contribution in [3.8, 4) is 11.5 Å². The van der Waals surface area contributed by atoms with Crippen LogP contribution in [-0.4, -0.2) is 25.0 Å². The van der Waals surface area contributed by atoms with Gasteiger partial charge in [-0.2, -0.15) is 0 Å². The number of amides is 4. The van der Waals surface area contributed by atoms with Crippen LogP contribution in [0.4, 0.5) is 10.5 Å². The number of rotatable bonds is 6. The van der Waals surface area contributed by atoms with Gasteiger partial charge in [0.15, 0.2) is 11.5 Å². The summed E-state index contributed by atoms with van der Waals surface area (Å²) in [4.78, 5) is 39.5. The van der Waals surface area contributed by atoms with E-state index in [1.165, 1.54) is 13.2 Å². The number of carbonyl (C=O) groups excluding carboxylic acids is 3. The van der Waals surface area contributed by atoms with Crippen LogP contribution in [0.3, 0.4) is 0 Å². The van der Waals surface area contributed by atoms with Crippen LogP contribution < -0.4 is 19.7 Å². The Hall–Kier alpha value is -3.18. The van der Waals surface area contributed by atoms with Crippen molar-refractivity contribution >= 4 is 68.1 Å². The first-order valence-corrected chi connectivity index (χ1v) is 13.2. The molecule has 1 fully saturated rings. The minimum atomic E-state index is -0.792. The molecule has 0 unspecified atom stereocenters. The molecule has 0 radical (unpaired) electrons. The average Bonchev–Trinajstić information content (AvgIpc) is 2.81. The Bertz CT molecular complexity index is 1450. The van der Waals surface area contributed by atoms with Crippen molar-refractivity contribution in [2.45, 2.75) is 27.4 Å². The predicted octanol–water partition coefficient (Wildman–Crippen LogP) is 6.23. The van der Waals surface area contributed by atoms with Crippen LogP contribution in [0.5, 0.6) is 11.5 Å². The molecule has 37 heavy (non-hydrogen) atoms. The molecule has 0 atom stereocenters. The molecule has 1 saturated heterocycles. The van der Waals surface area contributed by atoms with Crippen molar-refractivity contribution in [3.05, 3.63) is 90.0 Å². The SMILES string of the molecule is COc1cc(/C=C2/C(=O)NC(=O)N(c3ccc(Br)cc3C)C2=O)cc(I)c1OCc1cc(C)cc(C)c1. The maximum atomic E-state index is 13.3. The lowest BCUT2D eigenvalue weighted by Crippen LogP contribution is -2.54. The fourth-order valence-corrected chi connectivity index (χ4v) is 5.44. The molecule has 0 saturated carbocycles. The van der Waals surface area contributed by atoms with Crippen LogP contribution in [0.2, 0.25) is 0 Å². The molecule has 190 valence electrons. The number of hydrogen-bond donors (Lipinski definition) is 1. The molecule has 4 rings (SSSR count). The van der Waals surface area contributed by atoms with Gasteiger partial charge in [0.25, 0.3) is 11.8 Å². The molecular formula is C28H24BrIN2O5. The lowest BCUT2D eigenvalue weighted by molar-refractivity contribution is -0.122. The molecule has 4 amide bonds. The number of imide groups is 2. The van der Waals surface area contributed by atoms with E-state index in [4.69, 9.17) is 9.47 Å². The standard InChI is InChI=1S/C28H24BrIN2O5/c1-15-7-16(2)9-19(8-15)14-37-25-22(30)12-18(13-24(25)36-4)11-21-26(33)31-28(35)32(27(21)34)23-6-5-20(29)10-17(23)3/h5-13H,14H2,1-4H3,(H,31,33,35)/b21-11-. The summed E-state index contributed by atoms with van der Waals surface area (Å²) in [5.74, 6) is -0.442. The van der Waals surface area contributed by atoms with Gasteiger partial charge in [0, 0.05) is 4.47 Å². The first kappa shape index (κ1) is 26.9. The van der Waals surface area contributed by atoms with Crippen LogP contribution in [0.25, 0.3) is 6.08 Å². The van der Waals surface area contributed by atoms with Crippen LogP contribution in [0, 0.1) is 24.3 Å². The quantitative estimate of drug-likeness (QED) is 0.190. The number of carbonyl (C=O) groups is 3. The number of methoxy groups -OCH3 is 1. The number of nitrogens with one attached hydrogen (secondary N) is 1. The van der Waals surface area contributed by atoms with Crippen LogP contribution in [0.1, 0.15) is 27.8 Å². The summed E-state index contributed by atoms with van der Waals surface area (Å²) in [6, 6.07) is 14.1. The fraction of sp³-hybridized carbons (Fsp3) is 0.179. The zero-order valence-electron chi connectivity index (χ0n) is 20.6. The number of barbiturate groups is 1. The number of urea groups is 1. The Kier molecular flexibility index (Phi) is 8.03. The van der Waals surface area contributed by atoms with Gasteiger partial charge in [-0.05, 0) is 96.5 Å². The van der Waals surface area contributed by atoms with E-state index in [1.807, 2.05) is 13.8 Å². The molecule has 0 aromatic heterocycles. The van der Waals surface area contributed by atoms with Crippen molar-refractivity contribution < 1.29 is 23.9 Å². The largest absolute Gasteiger partial charge is 0.493 e. The second-order valence-electron chi connectivity index (χ2n) is 8.71. The topological polar surface area (TPSA) is 84.9 Å². The normalized spacial score (nSPS) is 14.7. The second-order valence-corrected chi connectivity index (χ2v) is 10.8. The van der Waals surface area contributed by atoms with Gasteiger partial charge in [-0.3, -0.25) is 14.9 Å². The van der Waals surface area contributed by atoms with Gasteiger partial charge in [-0.25, -0.2) is 9.69 Å². The summed E-state index contributed by atoms with van der Waals surface area (Å²) in [6.07, 6.45) is 1.45. The van der Waals surface area contributed by atoms with Gasteiger partial charge in [0.1, 0.15) is 12.2 Å². The summed E-state index contributed by atoms with van der Waals surface area (Å²) in [7, 11) is 1.53. The Labute approximate surface area is 237 Å². The average molecular weight is 675 g/mol. The third kappa shape index (κ3) is 5.88. The molecule has 9 heteroatoms. The number of benzene rings is 3. The number of halogens is 2. The van der Waals surface area contributed by atoms with Gasteiger partial charge in [-0.1, -0.05) is 45.3 Å². The monoisotopic (exact) mass is 674 g/mol. The first-order chi connectivity index (χ1) is 17.6. The minimum Gasteiger partial charge on any atom is -0.493 e. The molecule has 3 aromatic rings. The highest BCUT2D eigenvalue weighted by Gasteiger charge is 2.37. The fourth-order valence-electron chi connectivity index (χ4n) is 4.18. The van der Waals surface area contributed by atoms with E-state index in [2.05, 4.69) is 62.0 Å². The Morgan fingerprint density at radius 1 is 1.00 bits per heavy atom. The third-order valence-corrected chi connectivity index (χ3v) is 7.02. The highest BCUT2D eigenvalue weighted by molar-refractivity contribution is 14.1. The summed E-state index contributed by atoms with van der Waals surface area (Å²) >= 11 is 5.51. The number of hydrogen-bond acceptors (Lipinski definition) is 5. The maximum Gasteiger partial charge on any atom is 0.335 e. The zero-order valence-corrected chi connectivity index (χ0v) is 24.4. The van der Waals surface area contributed by atoms with Gasteiger partial charge >= 0.3 is 6.03 Å². The number of aryl methyl sites for hydroxylation is 3. The van der Waals surface area contributed by atoms with E-state index in [-0.39, 0.29) is 5.57 Å². The maximum absolute atomic E-state index is 13.3. The number of nitrogens with zero attached hydrogens (tertiary/aromatic N) is 1. The van der Waals surface area contributed by atoms with E-state index in [9.17, 15) is 14.4 Å². The van der Waals surface area contributed by atoms with E-state index >= 15 is 0 Å². The van der Waals surface area contributed by atoms with Crippen molar-refractivity contribution in [2.75, 3.05) is 12.0 Å². The van der Waals surface area contributed by atoms with E-state index in [0.717, 1.165) is 29.6 Å². The lowest BCUT2D eigenvalue weighted by Gasteiger charge is -2.27. The van der Waals surface area contributed by atoms with Gasteiger partial charge in [0.2, 0.25) is 0 Å². The van der Waals surface area contributed by atoms with E-state index < -0.39 is 17.8 Å². The molecular weight excluding hydrogens is 651 g/mol. The molecule has 1 heterocycles. The summed E-state index contributed by atoms with van der Waals surface area (Å²) in [5, 5.41) is 2.26. The minimum absolute atomic E-state index is 0.163. The molecule has 1 aliphatic heterocycles. The van der Waals surface area contributed by atoms with E-state index in [0.29, 0.717) is 34.9 Å². The molecule has 0 bridgehead atoms. The van der Waals surface area contributed by atoms with Crippen molar-refractivity contribution in [2.24, 2.45) is 0 Å². The molecule has 0 spiro atoms. The number of ether oxygens (including phenoxy) is 2. The second kappa shape index (κ2) is 11.1. The summed E-state index contributed by atoms with van der Waals surface area (Å²) < 4.78 is 13.2. The van der Waals surface area contributed by atoms with Gasteiger partial charge < -0.3 is 9.47 Å². The molecule has 0 aliphatic carbocycles. The number of anilines is 1. The summed E-state index contributed by atoms with van der Waals surface area (Å²) in [5.41, 5.74) is 4.84. The third-order valence-electron chi connectivity index (χ3n) is 5.73. The highest BCUT2D eigenvalue weighted by Crippen LogP contribution is 2.36. The lowest BCUT2D eigenvalue weighted by atomic mass is 10.1. The first-order valence-electron chi connectivity index (χ1n) is 11.3. The molecule has 1 N–H and O–H groups in total. The highest BCUT2D eigenvalue weighted by atomic mass is 127. The van der Waals surface area contributed by atoms with Gasteiger partial charge in [-0.15, -0.1) is 0 Å². The van der Waals surface area contributed by atoms with Crippen LogP contribution in [0.15, 0.2) is 58.6 Å². The molecule has 7 nitrogen and oxygen atoms in total. The zero-order chi connectivity index (χ0) is 26.9. The molecule has 3 aromatic carbocycles. The van der Waals surface area contributed by atoms with Crippen molar-refractivity contribution in [1.82, 2.24) is 5.32 Å². The van der Waals surface area contributed by atoms with Crippen molar-refractivity contribution in [3.63, 3.8) is 0 Å². The molecule has 1 aliphatic rings.